The number of benzene rings is 2. The largest absolute Gasteiger partial charge is 0.340 e. The average Bonchev–Trinajstić information content (AvgIpc) is 3.26. The fraction of sp³-hybridized carbons (Fsp3) is 0.318. The van der Waals surface area contributed by atoms with E-state index in [9.17, 15) is 9.59 Å². The number of fused-ring (bicyclic) bond motifs is 1. The summed E-state index contributed by atoms with van der Waals surface area (Å²) >= 11 is 0. The van der Waals surface area contributed by atoms with E-state index in [0.29, 0.717) is 25.3 Å². The summed E-state index contributed by atoms with van der Waals surface area (Å²) in [6, 6.07) is 13.7. The SMILES string of the molecule is Cc1ccc(N2CCC(C(=O)N(C)Cc3nc4ccccc4[nH]3)C2=O)cc1C. The van der Waals surface area contributed by atoms with Gasteiger partial charge in [-0.25, -0.2) is 4.98 Å². The number of nitrogens with zero attached hydrogens (tertiary/aromatic N) is 3. The summed E-state index contributed by atoms with van der Waals surface area (Å²) in [5, 5.41) is 0. The van der Waals surface area contributed by atoms with Gasteiger partial charge in [-0.05, 0) is 55.7 Å². The van der Waals surface area contributed by atoms with Crippen LogP contribution in [-0.4, -0.2) is 40.3 Å². The van der Waals surface area contributed by atoms with Gasteiger partial charge in [0.2, 0.25) is 11.8 Å². The third-order valence-electron chi connectivity index (χ3n) is 5.51. The Morgan fingerprint density at radius 1 is 1.21 bits per heavy atom. The molecule has 1 saturated heterocycles. The van der Waals surface area contributed by atoms with Gasteiger partial charge in [0.05, 0.1) is 17.6 Å². The maximum atomic E-state index is 12.9. The van der Waals surface area contributed by atoms with Crippen LogP contribution in [0.15, 0.2) is 42.5 Å². The van der Waals surface area contributed by atoms with Gasteiger partial charge < -0.3 is 14.8 Å². The van der Waals surface area contributed by atoms with E-state index in [-0.39, 0.29) is 11.8 Å². The zero-order valence-corrected chi connectivity index (χ0v) is 16.4. The van der Waals surface area contributed by atoms with Crippen LogP contribution in [0.4, 0.5) is 5.69 Å². The van der Waals surface area contributed by atoms with E-state index in [1.165, 1.54) is 5.56 Å². The molecule has 0 spiro atoms. The van der Waals surface area contributed by atoms with Crippen LogP contribution < -0.4 is 4.90 Å². The number of carbonyl (C=O) groups is 2. The summed E-state index contributed by atoms with van der Waals surface area (Å²) in [6.07, 6.45) is 0.537. The number of anilines is 1. The number of amides is 2. The smallest absolute Gasteiger partial charge is 0.239 e. The molecule has 1 N–H and O–H groups in total. The summed E-state index contributed by atoms with van der Waals surface area (Å²) in [7, 11) is 1.72. The van der Waals surface area contributed by atoms with E-state index in [2.05, 4.69) is 9.97 Å². The predicted molar refractivity (Wildman–Crippen MR) is 109 cm³/mol. The standard InChI is InChI=1S/C22H24N4O2/c1-14-8-9-16(12-15(14)2)26-11-10-17(22(26)28)21(27)25(3)13-20-23-18-6-4-5-7-19(18)24-20/h4-9,12,17H,10-11,13H2,1-3H3,(H,23,24). The zero-order valence-electron chi connectivity index (χ0n) is 16.4. The van der Waals surface area contributed by atoms with Crippen molar-refractivity contribution in [3.8, 4) is 0 Å². The first-order valence-electron chi connectivity index (χ1n) is 9.51. The van der Waals surface area contributed by atoms with Gasteiger partial charge in [-0.3, -0.25) is 9.59 Å². The van der Waals surface area contributed by atoms with Gasteiger partial charge in [0.1, 0.15) is 11.7 Å². The molecule has 144 valence electrons. The normalized spacial score (nSPS) is 16.8. The molecule has 2 amide bonds. The van der Waals surface area contributed by atoms with Gasteiger partial charge >= 0.3 is 0 Å². The number of hydrogen-bond donors (Lipinski definition) is 1. The number of aryl methyl sites for hydroxylation is 2. The van der Waals surface area contributed by atoms with Crippen molar-refractivity contribution in [2.75, 3.05) is 18.5 Å². The lowest BCUT2D eigenvalue weighted by atomic mass is 10.1. The molecule has 0 radical (unpaired) electrons. The van der Waals surface area contributed by atoms with Crippen molar-refractivity contribution in [3.63, 3.8) is 0 Å². The molecule has 1 aliphatic heterocycles. The van der Waals surface area contributed by atoms with E-state index < -0.39 is 5.92 Å². The van der Waals surface area contributed by atoms with E-state index in [1.807, 2.05) is 56.3 Å². The first-order chi connectivity index (χ1) is 13.4. The second-order valence-electron chi connectivity index (χ2n) is 7.49. The van der Waals surface area contributed by atoms with E-state index in [1.54, 1.807) is 16.8 Å². The lowest BCUT2D eigenvalue weighted by Gasteiger charge is -2.21. The molecule has 1 atom stereocenters. The molecule has 2 heterocycles. The third kappa shape index (κ3) is 3.26. The van der Waals surface area contributed by atoms with Gasteiger partial charge in [-0.2, -0.15) is 0 Å². The predicted octanol–water partition coefficient (Wildman–Crippen LogP) is 3.19. The Balaban J connectivity index is 1.46. The van der Waals surface area contributed by atoms with Crippen LogP contribution in [0, 0.1) is 19.8 Å². The Hall–Kier alpha value is -3.15. The summed E-state index contributed by atoms with van der Waals surface area (Å²) < 4.78 is 0. The van der Waals surface area contributed by atoms with Gasteiger partial charge in [0.25, 0.3) is 0 Å². The first kappa shape index (κ1) is 18.2. The molecule has 1 aliphatic rings. The molecular weight excluding hydrogens is 352 g/mol. The molecule has 28 heavy (non-hydrogen) atoms. The highest BCUT2D eigenvalue weighted by molar-refractivity contribution is 6.09. The molecule has 0 aliphatic carbocycles. The second-order valence-corrected chi connectivity index (χ2v) is 7.49. The van der Waals surface area contributed by atoms with Gasteiger partial charge in [-0.15, -0.1) is 0 Å². The molecule has 1 unspecified atom stereocenters. The van der Waals surface area contributed by atoms with E-state index in [0.717, 1.165) is 22.3 Å². The fourth-order valence-electron chi connectivity index (χ4n) is 3.71. The Morgan fingerprint density at radius 3 is 2.75 bits per heavy atom. The summed E-state index contributed by atoms with van der Waals surface area (Å²) in [4.78, 5) is 36.9. The van der Waals surface area contributed by atoms with Crippen LogP contribution in [0.3, 0.4) is 0 Å². The molecule has 6 heteroatoms. The molecule has 6 nitrogen and oxygen atoms in total. The highest BCUT2D eigenvalue weighted by Crippen LogP contribution is 2.28. The van der Waals surface area contributed by atoms with Crippen molar-refractivity contribution >= 4 is 28.5 Å². The minimum Gasteiger partial charge on any atom is -0.340 e. The topological polar surface area (TPSA) is 69.3 Å². The molecule has 2 aromatic carbocycles. The van der Waals surface area contributed by atoms with Gasteiger partial charge in [-0.1, -0.05) is 18.2 Å². The van der Waals surface area contributed by atoms with Crippen LogP contribution in [0.1, 0.15) is 23.4 Å². The van der Waals surface area contributed by atoms with Crippen molar-refractivity contribution in [2.24, 2.45) is 5.92 Å². The lowest BCUT2D eigenvalue weighted by Crippen LogP contribution is -2.38. The molecule has 0 bridgehead atoms. The van der Waals surface area contributed by atoms with Crippen molar-refractivity contribution in [1.29, 1.82) is 0 Å². The molecule has 1 fully saturated rings. The maximum Gasteiger partial charge on any atom is 0.239 e. The number of carbonyl (C=O) groups excluding carboxylic acids is 2. The maximum absolute atomic E-state index is 12.9. The van der Waals surface area contributed by atoms with E-state index >= 15 is 0 Å². The quantitative estimate of drug-likeness (QED) is 0.711. The Bertz CT molecular complexity index is 1020. The van der Waals surface area contributed by atoms with Crippen molar-refractivity contribution < 1.29 is 9.59 Å². The number of hydrogen-bond acceptors (Lipinski definition) is 3. The van der Waals surface area contributed by atoms with Crippen LogP contribution in [0.5, 0.6) is 0 Å². The van der Waals surface area contributed by atoms with Crippen molar-refractivity contribution in [2.45, 2.75) is 26.8 Å². The lowest BCUT2D eigenvalue weighted by molar-refractivity contribution is -0.139. The minimum atomic E-state index is -0.629. The van der Waals surface area contributed by atoms with E-state index in [4.69, 9.17) is 0 Å². The van der Waals surface area contributed by atoms with Crippen LogP contribution in [-0.2, 0) is 16.1 Å². The Labute approximate surface area is 164 Å². The third-order valence-corrected chi connectivity index (χ3v) is 5.51. The second kappa shape index (κ2) is 7.11. The average molecular weight is 376 g/mol. The zero-order chi connectivity index (χ0) is 19.8. The molecule has 0 saturated carbocycles. The molecule has 4 rings (SSSR count). The molecule has 3 aromatic rings. The number of para-hydroxylation sites is 2. The van der Waals surface area contributed by atoms with Crippen molar-refractivity contribution in [1.82, 2.24) is 14.9 Å². The minimum absolute atomic E-state index is 0.121. The first-order valence-corrected chi connectivity index (χ1v) is 9.51. The highest BCUT2D eigenvalue weighted by Gasteiger charge is 2.39. The molecule has 1 aromatic heterocycles. The summed E-state index contributed by atoms with van der Waals surface area (Å²) in [5.74, 6) is -0.189. The molecular formula is C22H24N4O2. The fourth-order valence-corrected chi connectivity index (χ4v) is 3.71. The number of aromatic amines is 1. The van der Waals surface area contributed by atoms with Crippen LogP contribution in [0.2, 0.25) is 0 Å². The van der Waals surface area contributed by atoms with Crippen LogP contribution in [0.25, 0.3) is 11.0 Å². The van der Waals surface area contributed by atoms with Gasteiger partial charge in [0.15, 0.2) is 0 Å². The number of rotatable bonds is 4. The van der Waals surface area contributed by atoms with Crippen LogP contribution >= 0.6 is 0 Å². The number of imidazole rings is 1. The monoisotopic (exact) mass is 376 g/mol. The summed E-state index contributed by atoms with van der Waals surface area (Å²) in [6.45, 7) is 4.99. The number of H-pyrrole nitrogens is 1. The highest BCUT2D eigenvalue weighted by atomic mass is 16.2. The summed E-state index contributed by atoms with van der Waals surface area (Å²) in [5.41, 5.74) is 5.01. The Morgan fingerprint density at radius 2 is 2.00 bits per heavy atom. The Kier molecular flexibility index (Phi) is 4.63. The van der Waals surface area contributed by atoms with Crippen molar-refractivity contribution in [3.05, 3.63) is 59.4 Å². The van der Waals surface area contributed by atoms with Gasteiger partial charge in [0, 0.05) is 19.3 Å². The number of aromatic nitrogens is 2. The number of nitrogens with one attached hydrogen (secondary N) is 1.